The summed E-state index contributed by atoms with van der Waals surface area (Å²) in [5.74, 6) is -0.905. The van der Waals surface area contributed by atoms with Gasteiger partial charge in [-0.25, -0.2) is 0 Å². The van der Waals surface area contributed by atoms with Crippen molar-refractivity contribution in [3.05, 3.63) is 45.7 Å². The lowest BCUT2D eigenvalue weighted by molar-refractivity contribution is -0.136. The number of nitrogens with zero attached hydrogens (tertiary/aromatic N) is 1. The first-order valence-corrected chi connectivity index (χ1v) is 6.05. The van der Waals surface area contributed by atoms with Gasteiger partial charge in [-0.1, -0.05) is 29.8 Å². The van der Waals surface area contributed by atoms with Crippen LogP contribution in [0.15, 0.2) is 29.1 Å². The van der Waals surface area contributed by atoms with Gasteiger partial charge in [0.25, 0.3) is 5.56 Å². The maximum Gasteiger partial charge on any atom is 0.303 e. The number of benzene rings is 1. The van der Waals surface area contributed by atoms with Crippen LogP contribution >= 0.6 is 0 Å². The molecule has 0 atom stereocenters. The highest BCUT2D eigenvalue weighted by atomic mass is 16.4. The molecule has 19 heavy (non-hydrogen) atoms. The van der Waals surface area contributed by atoms with E-state index < -0.39 is 5.97 Å². The second-order valence-corrected chi connectivity index (χ2v) is 4.59. The van der Waals surface area contributed by atoms with Crippen molar-refractivity contribution in [1.29, 1.82) is 0 Å². The molecular formula is C14H16N2O3. The first-order valence-electron chi connectivity index (χ1n) is 6.05. The summed E-state index contributed by atoms with van der Waals surface area (Å²) in [6.45, 7) is 1.99. The predicted octanol–water partition coefficient (Wildman–Crippen LogP) is 1.71. The third-order valence-corrected chi connectivity index (χ3v) is 3.07. The number of hydrogen-bond donors (Lipinski definition) is 2. The third kappa shape index (κ3) is 2.76. The maximum absolute atomic E-state index is 12.0. The van der Waals surface area contributed by atoms with E-state index in [9.17, 15) is 9.59 Å². The Morgan fingerprint density at radius 3 is 2.53 bits per heavy atom. The quantitative estimate of drug-likeness (QED) is 0.878. The van der Waals surface area contributed by atoms with Crippen LogP contribution in [-0.2, 0) is 18.3 Å². The molecular weight excluding hydrogens is 244 g/mol. The number of aromatic amines is 1. The normalized spacial score (nSPS) is 10.6. The van der Waals surface area contributed by atoms with Gasteiger partial charge in [0.15, 0.2) is 0 Å². The molecule has 0 bridgehead atoms. The summed E-state index contributed by atoms with van der Waals surface area (Å²) < 4.78 is 1.38. The molecule has 0 amide bonds. The molecule has 1 heterocycles. The van der Waals surface area contributed by atoms with Gasteiger partial charge in [-0.2, -0.15) is 0 Å². The fraction of sp³-hybridized carbons (Fsp3) is 0.286. The van der Waals surface area contributed by atoms with Crippen LogP contribution in [0.25, 0.3) is 11.3 Å². The van der Waals surface area contributed by atoms with E-state index in [1.807, 2.05) is 31.2 Å². The van der Waals surface area contributed by atoms with Gasteiger partial charge in [-0.3, -0.25) is 19.4 Å². The van der Waals surface area contributed by atoms with Crippen LogP contribution in [0, 0.1) is 6.92 Å². The molecule has 5 nitrogen and oxygen atoms in total. The minimum absolute atomic E-state index is 0.0496. The average Bonchev–Trinajstić information content (AvgIpc) is 2.64. The Morgan fingerprint density at radius 1 is 1.32 bits per heavy atom. The van der Waals surface area contributed by atoms with Crippen LogP contribution in [0.5, 0.6) is 0 Å². The van der Waals surface area contributed by atoms with Crippen LogP contribution in [0.1, 0.15) is 17.5 Å². The van der Waals surface area contributed by atoms with Gasteiger partial charge in [0.1, 0.15) is 0 Å². The molecule has 5 heteroatoms. The van der Waals surface area contributed by atoms with E-state index in [0.717, 1.165) is 11.1 Å². The first-order chi connectivity index (χ1) is 8.99. The lowest BCUT2D eigenvalue weighted by atomic mass is 10.0. The Kier molecular flexibility index (Phi) is 3.55. The molecule has 0 fully saturated rings. The first kappa shape index (κ1) is 13.1. The number of carboxylic acids is 1. The minimum Gasteiger partial charge on any atom is -0.481 e. The Hall–Kier alpha value is -2.30. The Morgan fingerprint density at radius 2 is 1.95 bits per heavy atom. The van der Waals surface area contributed by atoms with Crippen molar-refractivity contribution < 1.29 is 9.90 Å². The van der Waals surface area contributed by atoms with Crippen LogP contribution in [0.4, 0.5) is 0 Å². The van der Waals surface area contributed by atoms with Crippen molar-refractivity contribution in [3.63, 3.8) is 0 Å². The zero-order valence-electron chi connectivity index (χ0n) is 10.9. The average molecular weight is 260 g/mol. The highest BCUT2D eigenvalue weighted by molar-refractivity contribution is 5.68. The van der Waals surface area contributed by atoms with E-state index in [-0.39, 0.29) is 18.4 Å². The molecule has 0 unspecified atom stereocenters. The Bertz CT molecular complexity index is 650. The van der Waals surface area contributed by atoms with E-state index in [4.69, 9.17) is 5.11 Å². The highest BCUT2D eigenvalue weighted by Gasteiger charge is 2.15. The van der Waals surface area contributed by atoms with Crippen LogP contribution in [-0.4, -0.2) is 20.9 Å². The monoisotopic (exact) mass is 260 g/mol. The van der Waals surface area contributed by atoms with Crippen LogP contribution in [0.3, 0.4) is 0 Å². The maximum atomic E-state index is 12.0. The smallest absolute Gasteiger partial charge is 0.303 e. The lowest BCUT2D eigenvalue weighted by Crippen LogP contribution is -2.16. The molecule has 0 saturated carbocycles. The molecule has 2 N–H and O–H groups in total. The summed E-state index contributed by atoms with van der Waals surface area (Å²) >= 11 is 0. The van der Waals surface area contributed by atoms with E-state index >= 15 is 0 Å². The summed E-state index contributed by atoms with van der Waals surface area (Å²) in [5.41, 5.74) is 3.08. The fourth-order valence-electron chi connectivity index (χ4n) is 2.02. The van der Waals surface area contributed by atoms with Crippen molar-refractivity contribution in [2.24, 2.45) is 7.05 Å². The van der Waals surface area contributed by atoms with Gasteiger partial charge in [0.2, 0.25) is 0 Å². The molecule has 2 aromatic rings. The fourth-order valence-corrected chi connectivity index (χ4v) is 2.02. The highest BCUT2D eigenvalue weighted by Crippen LogP contribution is 2.20. The van der Waals surface area contributed by atoms with Gasteiger partial charge in [0.05, 0.1) is 5.69 Å². The van der Waals surface area contributed by atoms with Gasteiger partial charge in [-0.05, 0) is 18.9 Å². The van der Waals surface area contributed by atoms with Crippen LogP contribution < -0.4 is 5.56 Å². The largest absolute Gasteiger partial charge is 0.481 e. The number of hydrogen-bond acceptors (Lipinski definition) is 2. The number of rotatable bonds is 4. The van der Waals surface area contributed by atoms with Crippen LogP contribution in [0.2, 0.25) is 0 Å². The topological polar surface area (TPSA) is 75.1 Å². The van der Waals surface area contributed by atoms with Crippen molar-refractivity contribution >= 4 is 5.97 Å². The molecule has 0 radical (unpaired) electrons. The van der Waals surface area contributed by atoms with E-state index in [1.165, 1.54) is 4.68 Å². The van der Waals surface area contributed by atoms with Crippen molar-refractivity contribution in [2.45, 2.75) is 19.8 Å². The van der Waals surface area contributed by atoms with Gasteiger partial charge in [-0.15, -0.1) is 0 Å². The predicted molar refractivity (Wildman–Crippen MR) is 72.2 cm³/mol. The number of nitrogens with one attached hydrogen (secondary N) is 1. The zero-order chi connectivity index (χ0) is 14.0. The second-order valence-electron chi connectivity index (χ2n) is 4.59. The Balaban J connectivity index is 2.45. The molecule has 1 aromatic heterocycles. The number of aromatic nitrogens is 2. The second kappa shape index (κ2) is 5.14. The van der Waals surface area contributed by atoms with E-state index in [1.54, 1.807) is 7.05 Å². The van der Waals surface area contributed by atoms with Gasteiger partial charge in [0, 0.05) is 19.0 Å². The summed E-state index contributed by atoms with van der Waals surface area (Å²) in [5, 5.41) is 11.7. The van der Waals surface area contributed by atoms with Crippen molar-refractivity contribution in [1.82, 2.24) is 9.78 Å². The molecule has 2 rings (SSSR count). The molecule has 0 aliphatic heterocycles. The Labute approximate surface area is 110 Å². The van der Waals surface area contributed by atoms with E-state index in [2.05, 4.69) is 5.10 Å². The number of carboxylic acid groups (broad SMARTS) is 1. The molecule has 100 valence electrons. The minimum atomic E-state index is -0.905. The number of carbonyl (C=O) groups is 1. The van der Waals surface area contributed by atoms with E-state index in [0.29, 0.717) is 11.3 Å². The SMILES string of the molecule is Cc1ccc(-c2[nH]n(C)c(=O)c2CCC(=O)O)cc1. The summed E-state index contributed by atoms with van der Waals surface area (Å²) in [6, 6.07) is 7.76. The molecule has 1 aromatic carbocycles. The summed E-state index contributed by atoms with van der Waals surface area (Å²) in [6.07, 6.45) is 0.181. The molecule has 0 aliphatic rings. The van der Waals surface area contributed by atoms with Gasteiger partial charge < -0.3 is 5.11 Å². The van der Waals surface area contributed by atoms with Crippen molar-refractivity contribution in [3.8, 4) is 11.3 Å². The summed E-state index contributed by atoms with van der Waals surface area (Å²) in [4.78, 5) is 22.6. The number of aliphatic carboxylic acids is 1. The standard InChI is InChI=1S/C14H16N2O3/c1-9-3-5-10(6-4-9)13-11(7-8-12(17)18)14(19)16(2)15-13/h3-6,15H,7-8H2,1-2H3,(H,17,18). The lowest BCUT2D eigenvalue weighted by Gasteiger charge is -2.02. The zero-order valence-corrected chi connectivity index (χ0v) is 10.9. The number of aryl methyl sites for hydroxylation is 2. The van der Waals surface area contributed by atoms with Crippen molar-refractivity contribution in [2.75, 3.05) is 0 Å². The number of H-pyrrole nitrogens is 1. The summed E-state index contributed by atoms with van der Waals surface area (Å²) in [7, 11) is 1.63. The molecule has 0 spiro atoms. The molecule has 0 aliphatic carbocycles. The molecule has 0 saturated heterocycles. The third-order valence-electron chi connectivity index (χ3n) is 3.07. The van der Waals surface area contributed by atoms with Gasteiger partial charge >= 0.3 is 5.97 Å².